The standard InChI is InChI=1S/C17H14BrF2N3O5S/c1-14(19,20)29-13-22-21-12(18)23(13)11-7-6-10(8-4-2-3-5-9(8)11)15(24)16(25,26)17(15,27)28/h2-7,24-28H,1H3. The van der Waals surface area contributed by atoms with Gasteiger partial charge in [-0.2, -0.15) is 8.78 Å². The molecule has 29 heavy (non-hydrogen) atoms. The Kier molecular flexibility index (Phi) is 4.38. The maximum atomic E-state index is 13.5. The first-order valence-electron chi connectivity index (χ1n) is 8.15. The highest BCUT2D eigenvalue weighted by atomic mass is 79.9. The molecule has 0 spiro atoms. The van der Waals surface area contributed by atoms with Crippen molar-refractivity contribution in [2.75, 3.05) is 0 Å². The van der Waals surface area contributed by atoms with Crippen LogP contribution in [0.2, 0.25) is 0 Å². The van der Waals surface area contributed by atoms with Crippen LogP contribution >= 0.6 is 27.7 Å². The summed E-state index contributed by atoms with van der Waals surface area (Å²) in [6.07, 6.45) is 0. The maximum absolute atomic E-state index is 13.5. The highest BCUT2D eigenvalue weighted by Gasteiger charge is 2.90. The van der Waals surface area contributed by atoms with Gasteiger partial charge >= 0.3 is 0 Å². The van der Waals surface area contributed by atoms with Crippen LogP contribution in [0, 0.1) is 0 Å². The van der Waals surface area contributed by atoms with Crippen molar-refractivity contribution in [3.8, 4) is 5.69 Å². The van der Waals surface area contributed by atoms with Crippen LogP contribution in [-0.4, -0.2) is 57.1 Å². The van der Waals surface area contributed by atoms with Gasteiger partial charge in [-0.05, 0) is 39.1 Å². The third-order valence-electron chi connectivity index (χ3n) is 4.83. The van der Waals surface area contributed by atoms with Crippen LogP contribution in [0.25, 0.3) is 16.5 Å². The largest absolute Gasteiger partial charge is 0.375 e. The molecule has 1 aromatic heterocycles. The predicted molar refractivity (Wildman–Crippen MR) is 101 cm³/mol. The smallest absolute Gasteiger partial charge is 0.298 e. The molecule has 1 aliphatic carbocycles. The van der Waals surface area contributed by atoms with Crippen LogP contribution in [0.3, 0.4) is 0 Å². The third kappa shape index (κ3) is 2.75. The van der Waals surface area contributed by atoms with Crippen molar-refractivity contribution in [2.45, 2.75) is 34.5 Å². The van der Waals surface area contributed by atoms with Gasteiger partial charge in [0.25, 0.3) is 16.8 Å². The van der Waals surface area contributed by atoms with Gasteiger partial charge in [0, 0.05) is 17.9 Å². The van der Waals surface area contributed by atoms with E-state index >= 15 is 0 Å². The lowest BCUT2D eigenvalue weighted by atomic mass is 9.96. The zero-order chi connectivity index (χ0) is 21.4. The van der Waals surface area contributed by atoms with Crippen LogP contribution in [-0.2, 0) is 5.60 Å². The first-order chi connectivity index (χ1) is 13.3. The molecule has 1 aliphatic rings. The van der Waals surface area contributed by atoms with E-state index in [4.69, 9.17) is 0 Å². The van der Waals surface area contributed by atoms with Crippen molar-refractivity contribution in [1.29, 1.82) is 0 Å². The lowest BCUT2D eigenvalue weighted by Crippen LogP contribution is -2.23. The Bertz CT molecular complexity index is 1120. The molecule has 0 bridgehead atoms. The van der Waals surface area contributed by atoms with Gasteiger partial charge in [0.15, 0.2) is 0 Å². The summed E-state index contributed by atoms with van der Waals surface area (Å²) in [5.74, 6) is -6.38. The minimum Gasteiger partial charge on any atom is -0.375 e. The fourth-order valence-electron chi connectivity index (χ4n) is 3.33. The minimum atomic E-state index is -3.19. The molecule has 3 aromatic rings. The van der Waals surface area contributed by atoms with Gasteiger partial charge in [0.2, 0.25) is 15.5 Å². The fraction of sp³-hybridized carbons (Fsp3) is 0.294. The number of nitrogens with zero attached hydrogens (tertiary/aromatic N) is 3. The lowest BCUT2D eigenvalue weighted by molar-refractivity contribution is -0.207. The van der Waals surface area contributed by atoms with E-state index in [-0.39, 0.29) is 32.6 Å². The SMILES string of the molecule is CC(F)(F)Sc1nnc(Br)n1-c1ccc(C2(O)C(O)(O)C2(O)O)c2ccccc12. The minimum absolute atomic E-state index is 0.107. The first kappa shape index (κ1) is 20.6. The third-order valence-corrected chi connectivity index (χ3v) is 6.15. The average molecular weight is 490 g/mol. The van der Waals surface area contributed by atoms with E-state index in [9.17, 15) is 34.3 Å². The molecular weight excluding hydrogens is 476 g/mol. The summed E-state index contributed by atoms with van der Waals surface area (Å²) in [7, 11) is 0. The van der Waals surface area contributed by atoms with E-state index < -0.39 is 22.4 Å². The molecule has 5 N–H and O–H groups in total. The van der Waals surface area contributed by atoms with Crippen molar-refractivity contribution in [2.24, 2.45) is 0 Å². The Morgan fingerprint density at radius 2 is 1.55 bits per heavy atom. The van der Waals surface area contributed by atoms with Crippen molar-refractivity contribution in [1.82, 2.24) is 14.8 Å². The van der Waals surface area contributed by atoms with Crippen molar-refractivity contribution >= 4 is 38.5 Å². The van der Waals surface area contributed by atoms with Gasteiger partial charge in [-0.3, -0.25) is 4.57 Å². The van der Waals surface area contributed by atoms with Crippen LogP contribution in [0.4, 0.5) is 8.78 Å². The second-order valence-corrected chi connectivity index (χ2v) is 8.72. The van der Waals surface area contributed by atoms with Crippen LogP contribution in [0.5, 0.6) is 0 Å². The molecule has 0 aliphatic heterocycles. The summed E-state index contributed by atoms with van der Waals surface area (Å²) in [6.45, 7) is 0.721. The molecule has 4 rings (SSSR count). The molecular formula is C17H14BrF2N3O5S. The molecule has 2 aromatic carbocycles. The topological polar surface area (TPSA) is 132 Å². The summed E-state index contributed by atoms with van der Waals surface area (Å²) in [6, 6.07) is 8.98. The molecule has 0 unspecified atom stereocenters. The monoisotopic (exact) mass is 489 g/mol. The first-order valence-corrected chi connectivity index (χ1v) is 9.76. The molecule has 0 atom stereocenters. The summed E-state index contributed by atoms with van der Waals surface area (Å²) in [4.78, 5) is 0. The maximum Gasteiger partial charge on any atom is 0.298 e. The van der Waals surface area contributed by atoms with Gasteiger partial charge in [-0.25, -0.2) is 0 Å². The van der Waals surface area contributed by atoms with E-state index in [0.717, 1.165) is 6.92 Å². The number of aliphatic hydroxyl groups is 5. The van der Waals surface area contributed by atoms with Gasteiger partial charge < -0.3 is 25.5 Å². The summed E-state index contributed by atoms with van der Waals surface area (Å²) >= 11 is 3.37. The average Bonchev–Trinajstić information content (AvgIpc) is 2.86. The number of rotatable bonds is 4. The van der Waals surface area contributed by atoms with Gasteiger partial charge in [0.05, 0.1) is 5.69 Å². The Morgan fingerprint density at radius 3 is 2.10 bits per heavy atom. The molecule has 1 saturated carbocycles. The lowest BCUT2D eigenvalue weighted by Gasteiger charge is -2.18. The van der Waals surface area contributed by atoms with Crippen LogP contribution < -0.4 is 0 Å². The quantitative estimate of drug-likeness (QED) is 0.275. The number of fused-ring (bicyclic) bond motifs is 1. The second kappa shape index (κ2) is 6.17. The van der Waals surface area contributed by atoms with E-state index in [1.54, 1.807) is 18.2 Å². The van der Waals surface area contributed by atoms with E-state index in [0.29, 0.717) is 11.1 Å². The number of hydrogen-bond donors (Lipinski definition) is 5. The number of aromatic nitrogens is 3. The fourth-order valence-corrected chi connectivity index (χ4v) is 4.57. The van der Waals surface area contributed by atoms with Crippen molar-refractivity contribution in [3.05, 3.63) is 46.7 Å². The van der Waals surface area contributed by atoms with E-state index in [1.165, 1.54) is 22.8 Å². The Labute approximate surface area is 174 Å². The molecule has 1 fully saturated rings. The number of alkyl halides is 2. The van der Waals surface area contributed by atoms with Gasteiger partial charge in [0.1, 0.15) is 0 Å². The normalized spacial score (nSPS) is 19.5. The van der Waals surface area contributed by atoms with Gasteiger partial charge in [-0.15, -0.1) is 10.2 Å². The van der Waals surface area contributed by atoms with E-state index in [2.05, 4.69) is 26.1 Å². The van der Waals surface area contributed by atoms with Crippen LogP contribution in [0.15, 0.2) is 46.3 Å². The molecule has 0 amide bonds. The zero-order valence-electron chi connectivity index (χ0n) is 14.6. The Hall–Kier alpha value is -1.67. The number of benzene rings is 2. The van der Waals surface area contributed by atoms with Gasteiger partial charge in [-0.1, -0.05) is 30.3 Å². The number of thioether (sulfide) groups is 1. The Balaban J connectivity index is 1.95. The van der Waals surface area contributed by atoms with Crippen molar-refractivity contribution < 1.29 is 34.3 Å². The molecule has 154 valence electrons. The Morgan fingerprint density at radius 1 is 0.966 bits per heavy atom. The zero-order valence-corrected chi connectivity index (χ0v) is 17.0. The van der Waals surface area contributed by atoms with E-state index in [1.807, 2.05) is 0 Å². The predicted octanol–water partition coefficient (Wildman–Crippen LogP) is 1.45. The van der Waals surface area contributed by atoms with Crippen LogP contribution in [0.1, 0.15) is 12.5 Å². The number of hydrogen-bond acceptors (Lipinski definition) is 8. The molecule has 0 saturated heterocycles. The molecule has 0 radical (unpaired) electrons. The molecule has 8 nitrogen and oxygen atoms in total. The van der Waals surface area contributed by atoms with Crippen molar-refractivity contribution in [3.63, 3.8) is 0 Å². The highest BCUT2D eigenvalue weighted by molar-refractivity contribution is 9.10. The molecule has 12 heteroatoms. The second-order valence-electron chi connectivity index (χ2n) is 6.73. The summed E-state index contributed by atoms with van der Waals surface area (Å²) in [5.41, 5.74) is -2.58. The summed E-state index contributed by atoms with van der Waals surface area (Å²) < 4.78 is 28.6. The number of halogens is 3. The molecule has 1 heterocycles. The summed E-state index contributed by atoms with van der Waals surface area (Å²) in [5, 5.41) is 54.9. The highest BCUT2D eigenvalue weighted by Crippen LogP contribution is 2.62.